The van der Waals surface area contributed by atoms with Crippen LogP contribution in [0.25, 0.3) is 0 Å². The van der Waals surface area contributed by atoms with E-state index in [0.29, 0.717) is 11.7 Å². The maximum Gasteiger partial charge on any atom is 0.118 e. The lowest BCUT2D eigenvalue weighted by Gasteiger charge is -2.18. The molecular formula is C16H18O. The number of rotatable bonds is 2. The fraction of sp³-hybridized carbons (Fsp3) is 0.250. The van der Waals surface area contributed by atoms with E-state index >= 15 is 0 Å². The van der Waals surface area contributed by atoms with E-state index < -0.39 is 0 Å². The fourth-order valence-corrected chi connectivity index (χ4v) is 2.43. The summed E-state index contributed by atoms with van der Waals surface area (Å²) in [6.45, 7) is 6.27. The van der Waals surface area contributed by atoms with Gasteiger partial charge in [-0.2, -0.15) is 0 Å². The lowest BCUT2D eigenvalue weighted by atomic mass is 9.87. The van der Waals surface area contributed by atoms with Crippen LogP contribution in [0.5, 0.6) is 5.75 Å². The molecule has 0 aromatic heterocycles. The number of benzene rings is 2. The first-order valence-electron chi connectivity index (χ1n) is 5.95. The van der Waals surface area contributed by atoms with E-state index in [1.54, 1.807) is 6.07 Å². The molecule has 1 nitrogen and oxygen atoms in total. The molecule has 2 rings (SSSR count). The zero-order valence-corrected chi connectivity index (χ0v) is 10.6. The SMILES string of the molecule is Cc1ccc(O)c(C)c1C(C)c1ccccc1. The first kappa shape index (κ1) is 11.7. The van der Waals surface area contributed by atoms with Crippen molar-refractivity contribution in [3.05, 3.63) is 64.7 Å². The summed E-state index contributed by atoms with van der Waals surface area (Å²) < 4.78 is 0. The van der Waals surface area contributed by atoms with Gasteiger partial charge >= 0.3 is 0 Å². The van der Waals surface area contributed by atoms with Crippen LogP contribution < -0.4 is 0 Å². The van der Waals surface area contributed by atoms with Gasteiger partial charge in [0.1, 0.15) is 5.75 Å². The first-order valence-corrected chi connectivity index (χ1v) is 5.95. The molecule has 88 valence electrons. The summed E-state index contributed by atoms with van der Waals surface area (Å²) >= 11 is 0. The fourth-order valence-electron chi connectivity index (χ4n) is 2.43. The van der Waals surface area contributed by atoms with E-state index in [4.69, 9.17) is 0 Å². The van der Waals surface area contributed by atoms with Crippen LogP contribution in [0.2, 0.25) is 0 Å². The highest BCUT2D eigenvalue weighted by molar-refractivity contribution is 5.48. The van der Waals surface area contributed by atoms with Crippen LogP contribution in [0, 0.1) is 13.8 Å². The Morgan fingerprint density at radius 1 is 0.941 bits per heavy atom. The summed E-state index contributed by atoms with van der Waals surface area (Å²) in [5, 5.41) is 9.82. The van der Waals surface area contributed by atoms with Crippen LogP contribution in [-0.2, 0) is 0 Å². The minimum atomic E-state index is 0.309. The van der Waals surface area contributed by atoms with Crippen molar-refractivity contribution in [1.82, 2.24) is 0 Å². The summed E-state index contributed by atoms with van der Waals surface area (Å²) in [5.74, 6) is 0.691. The van der Waals surface area contributed by atoms with Crippen molar-refractivity contribution in [3.8, 4) is 5.75 Å². The molecule has 1 atom stereocenters. The zero-order valence-electron chi connectivity index (χ0n) is 10.6. The number of aryl methyl sites for hydroxylation is 1. The van der Waals surface area contributed by atoms with Gasteiger partial charge in [-0.3, -0.25) is 0 Å². The number of phenols is 1. The maximum atomic E-state index is 9.82. The van der Waals surface area contributed by atoms with Gasteiger partial charge in [0.25, 0.3) is 0 Å². The molecule has 2 aromatic rings. The molecule has 0 aliphatic heterocycles. The largest absolute Gasteiger partial charge is 0.508 e. The molecule has 0 aliphatic carbocycles. The molecule has 0 radical (unpaired) electrons. The van der Waals surface area contributed by atoms with Gasteiger partial charge in [-0.15, -0.1) is 0 Å². The van der Waals surface area contributed by atoms with Crippen molar-refractivity contribution >= 4 is 0 Å². The molecule has 1 heteroatoms. The standard InChI is InChI=1S/C16H18O/c1-11-9-10-15(17)13(3)16(11)12(2)14-7-5-4-6-8-14/h4-10,12,17H,1-3H3. The molecule has 0 saturated carbocycles. The van der Waals surface area contributed by atoms with Gasteiger partial charge in [-0.25, -0.2) is 0 Å². The normalized spacial score (nSPS) is 12.4. The summed E-state index contributed by atoms with van der Waals surface area (Å²) in [5.41, 5.74) is 4.73. The Labute approximate surface area is 103 Å². The lowest BCUT2D eigenvalue weighted by Crippen LogP contribution is -2.01. The van der Waals surface area contributed by atoms with Gasteiger partial charge < -0.3 is 5.11 Å². The number of phenolic OH excluding ortho intramolecular Hbond substituents is 1. The Morgan fingerprint density at radius 3 is 2.24 bits per heavy atom. The molecule has 0 fully saturated rings. The molecular weight excluding hydrogens is 208 g/mol. The summed E-state index contributed by atoms with van der Waals surface area (Å²) in [4.78, 5) is 0. The summed E-state index contributed by atoms with van der Waals surface area (Å²) in [6.07, 6.45) is 0. The minimum Gasteiger partial charge on any atom is -0.508 e. The van der Waals surface area contributed by atoms with Gasteiger partial charge in [0.05, 0.1) is 0 Å². The highest BCUT2D eigenvalue weighted by Crippen LogP contribution is 2.33. The van der Waals surface area contributed by atoms with Crippen LogP contribution in [-0.4, -0.2) is 5.11 Å². The Kier molecular flexibility index (Phi) is 3.19. The molecule has 0 aliphatic rings. The number of hydrogen-bond acceptors (Lipinski definition) is 1. The van der Waals surface area contributed by atoms with Crippen molar-refractivity contribution in [1.29, 1.82) is 0 Å². The molecule has 1 unspecified atom stereocenters. The van der Waals surface area contributed by atoms with E-state index in [1.807, 2.05) is 19.1 Å². The Bertz CT molecular complexity index is 515. The zero-order chi connectivity index (χ0) is 12.4. The predicted molar refractivity (Wildman–Crippen MR) is 71.5 cm³/mol. The van der Waals surface area contributed by atoms with Gasteiger partial charge in [-0.1, -0.05) is 43.3 Å². The van der Waals surface area contributed by atoms with E-state index in [9.17, 15) is 5.11 Å². The molecule has 0 bridgehead atoms. The van der Waals surface area contributed by atoms with E-state index in [0.717, 1.165) is 5.56 Å². The summed E-state index contributed by atoms with van der Waals surface area (Å²) in [6, 6.07) is 14.2. The van der Waals surface area contributed by atoms with Gasteiger partial charge in [-0.05, 0) is 42.2 Å². The van der Waals surface area contributed by atoms with E-state index in [-0.39, 0.29) is 0 Å². The smallest absolute Gasteiger partial charge is 0.118 e. The highest BCUT2D eigenvalue weighted by Gasteiger charge is 2.15. The molecule has 2 aromatic carbocycles. The molecule has 0 amide bonds. The molecule has 17 heavy (non-hydrogen) atoms. The molecule has 1 N–H and O–H groups in total. The summed E-state index contributed by atoms with van der Waals surface area (Å²) in [7, 11) is 0. The highest BCUT2D eigenvalue weighted by atomic mass is 16.3. The van der Waals surface area contributed by atoms with Crippen LogP contribution in [0.3, 0.4) is 0 Å². The predicted octanol–water partition coefficient (Wildman–Crippen LogP) is 4.16. The third kappa shape index (κ3) is 2.19. The maximum absolute atomic E-state index is 9.82. The van der Waals surface area contributed by atoms with Crippen LogP contribution in [0.4, 0.5) is 0 Å². The minimum absolute atomic E-state index is 0.309. The quantitative estimate of drug-likeness (QED) is 0.815. The third-order valence-electron chi connectivity index (χ3n) is 3.44. The van der Waals surface area contributed by atoms with E-state index in [1.165, 1.54) is 16.7 Å². The average molecular weight is 226 g/mol. The van der Waals surface area contributed by atoms with Crippen molar-refractivity contribution in [2.24, 2.45) is 0 Å². The van der Waals surface area contributed by atoms with Gasteiger partial charge in [0, 0.05) is 5.92 Å². The molecule has 0 saturated heterocycles. The van der Waals surface area contributed by atoms with Gasteiger partial charge in [0.15, 0.2) is 0 Å². The number of hydrogen-bond donors (Lipinski definition) is 1. The van der Waals surface area contributed by atoms with Crippen LogP contribution in [0.1, 0.15) is 35.1 Å². The second kappa shape index (κ2) is 4.62. The second-order valence-corrected chi connectivity index (χ2v) is 4.57. The Hall–Kier alpha value is -1.76. The van der Waals surface area contributed by atoms with Crippen molar-refractivity contribution in [2.75, 3.05) is 0 Å². The van der Waals surface area contributed by atoms with E-state index in [2.05, 4.69) is 38.1 Å². The Morgan fingerprint density at radius 2 is 1.59 bits per heavy atom. The van der Waals surface area contributed by atoms with Crippen molar-refractivity contribution < 1.29 is 5.11 Å². The monoisotopic (exact) mass is 226 g/mol. The lowest BCUT2D eigenvalue weighted by molar-refractivity contribution is 0.469. The van der Waals surface area contributed by atoms with Crippen LogP contribution >= 0.6 is 0 Å². The average Bonchev–Trinajstić information content (AvgIpc) is 2.35. The molecule has 0 heterocycles. The first-order chi connectivity index (χ1) is 8.11. The third-order valence-corrected chi connectivity index (χ3v) is 3.44. The number of aromatic hydroxyl groups is 1. The Balaban J connectivity index is 2.51. The van der Waals surface area contributed by atoms with Crippen molar-refractivity contribution in [2.45, 2.75) is 26.7 Å². The molecule has 0 spiro atoms. The van der Waals surface area contributed by atoms with Crippen LogP contribution in [0.15, 0.2) is 42.5 Å². The van der Waals surface area contributed by atoms with Crippen molar-refractivity contribution in [3.63, 3.8) is 0 Å². The topological polar surface area (TPSA) is 20.2 Å². The second-order valence-electron chi connectivity index (χ2n) is 4.57. The van der Waals surface area contributed by atoms with Gasteiger partial charge in [0.2, 0.25) is 0 Å².